The zero-order valence-electron chi connectivity index (χ0n) is 10.9. The van der Waals surface area contributed by atoms with Crippen molar-refractivity contribution < 1.29 is 22.5 Å². The first kappa shape index (κ1) is 15.6. The summed E-state index contributed by atoms with van der Waals surface area (Å²) in [5.74, 6) is -2.84. The van der Waals surface area contributed by atoms with Crippen LogP contribution in [-0.4, -0.2) is 30.1 Å². The van der Waals surface area contributed by atoms with Crippen molar-refractivity contribution in [1.82, 2.24) is 0 Å². The van der Waals surface area contributed by atoms with Crippen LogP contribution in [-0.2, 0) is 15.7 Å². The Labute approximate surface area is 112 Å². The summed E-state index contributed by atoms with van der Waals surface area (Å²) in [6.07, 6.45) is 0.656. The Morgan fingerprint density at radius 1 is 1.42 bits per heavy atom. The molecule has 0 fully saturated rings. The molecule has 7 heteroatoms. The predicted molar refractivity (Wildman–Crippen MR) is 69.4 cm³/mol. The van der Waals surface area contributed by atoms with Gasteiger partial charge in [-0.25, -0.2) is 17.8 Å². The second-order valence-corrected chi connectivity index (χ2v) is 5.37. The number of carbonyl (C=O) groups excluding carboxylic acids is 1. The number of hydrogen-bond acceptors (Lipinski definition) is 3. The molecule has 0 N–H and O–H groups in total. The molecule has 1 unspecified atom stereocenters. The van der Waals surface area contributed by atoms with Crippen molar-refractivity contribution in [2.45, 2.75) is 13.3 Å². The van der Waals surface area contributed by atoms with Crippen LogP contribution in [0.25, 0.3) is 0 Å². The summed E-state index contributed by atoms with van der Waals surface area (Å²) in [5.41, 5.74) is -0.881. The molecular weight excluding hydrogens is 276 g/mol. The first-order valence-corrected chi connectivity index (χ1v) is 6.90. The number of nitrogens with zero attached hydrogens (tertiary/aromatic N) is 1. The Morgan fingerprint density at radius 2 is 2.05 bits per heavy atom. The highest BCUT2D eigenvalue weighted by Crippen LogP contribution is 2.25. The van der Waals surface area contributed by atoms with Gasteiger partial charge in [-0.15, -0.1) is 0 Å². The third-order valence-electron chi connectivity index (χ3n) is 2.48. The van der Waals surface area contributed by atoms with Gasteiger partial charge < -0.3 is 4.74 Å². The van der Waals surface area contributed by atoms with Crippen LogP contribution >= 0.6 is 0 Å². The topological polar surface area (TPSA) is 46.6 Å². The molecule has 0 saturated heterocycles. The van der Waals surface area contributed by atoms with Gasteiger partial charge in [-0.05, 0) is 18.6 Å². The summed E-state index contributed by atoms with van der Waals surface area (Å²) < 4.78 is 44.8. The Bertz CT molecular complexity index is 508. The standard InChI is InChI=1S/C12H15F2NO3S/c1-4-7-19(17)15(2)9-6-5-8(13)10(11(9)14)12(16)18-3/h5-6H,4,7H2,1-3H3. The smallest absolute Gasteiger partial charge is 0.343 e. The summed E-state index contributed by atoms with van der Waals surface area (Å²) in [4.78, 5) is 11.3. The normalized spacial score (nSPS) is 12.1. The molecule has 0 aliphatic heterocycles. The molecule has 19 heavy (non-hydrogen) atoms. The zero-order chi connectivity index (χ0) is 14.6. The average molecular weight is 291 g/mol. The minimum Gasteiger partial charge on any atom is -0.465 e. The number of benzene rings is 1. The molecule has 106 valence electrons. The molecule has 0 aromatic heterocycles. The lowest BCUT2D eigenvalue weighted by Crippen LogP contribution is -2.24. The van der Waals surface area contributed by atoms with Crippen LogP contribution in [0.3, 0.4) is 0 Å². The van der Waals surface area contributed by atoms with E-state index in [1.165, 1.54) is 11.4 Å². The van der Waals surface area contributed by atoms with E-state index in [-0.39, 0.29) is 5.69 Å². The summed E-state index contributed by atoms with van der Waals surface area (Å²) in [6.45, 7) is 1.84. The van der Waals surface area contributed by atoms with Crippen LogP contribution in [0.1, 0.15) is 23.7 Å². The quantitative estimate of drug-likeness (QED) is 0.782. The first-order chi connectivity index (χ1) is 8.93. The lowest BCUT2D eigenvalue weighted by atomic mass is 10.1. The van der Waals surface area contributed by atoms with Gasteiger partial charge in [0.25, 0.3) is 0 Å². The van der Waals surface area contributed by atoms with E-state index in [4.69, 9.17) is 0 Å². The largest absolute Gasteiger partial charge is 0.465 e. The number of anilines is 1. The molecule has 1 atom stereocenters. The van der Waals surface area contributed by atoms with Crippen molar-refractivity contribution >= 4 is 22.6 Å². The van der Waals surface area contributed by atoms with E-state index >= 15 is 0 Å². The summed E-state index contributed by atoms with van der Waals surface area (Å²) in [5, 5.41) is 0. The van der Waals surface area contributed by atoms with Crippen LogP contribution in [0.5, 0.6) is 0 Å². The zero-order valence-corrected chi connectivity index (χ0v) is 11.7. The molecule has 0 aliphatic carbocycles. The maximum atomic E-state index is 14.1. The van der Waals surface area contributed by atoms with Gasteiger partial charge in [-0.3, -0.25) is 4.31 Å². The third kappa shape index (κ3) is 3.28. The van der Waals surface area contributed by atoms with Gasteiger partial charge in [0.15, 0.2) is 5.82 Å². The average Bonchev–Trinajstić information content (AvgIpc) is 2.38. The Hall–Kier alpha value is -1.50. The number of rotatable bonds is 5. The lowest BCUT2D eigenvalue weighted by molar-refractivity contribution is 0.0590. The highest BCUT2D eigenvalue weighted by atomic mass is 32.2. The predicted octanol–water partition coefficient (Wildman–Crippen LogP) is 2.26. The van der Waals surface area contributed by atoms with Crippen molar-refractivity contribution in [2.24, 2.45) is 0 Å². The molecule has 0 bridgehead atoms. The van der Waals surface area contributed by atoms with E-state index < -0.39 is 34.2 Å². The van der Waals surface area contributed by atoms with E-state index in [0.29, 0.717) is 12.2 Å². The van der Waals surface area contributed by atoms with Crippen molar-refractivity contribution in [2.75, 3.05) is 24.2 Å². The fraction of sp³-hybridized carbons (Fsp3) is 0.417. The van der Waals surface area contributed by atoms with E-state index in [9.17, 15) is 17.8 Å². The highest BCUT2D eigenvalue weighted by molar-refractivity contribution is 7.86. The molecule has 0 heterocycles. The van der Waals surface area contributed by atoms with Crippen molar-refractivity contribution in [3.8, 4) is 0 Å². The maximum absolute atomic E-state index is 14.1. The molecular formula is C12H15F2NO3S. The second kappa shape index (κ2) is 6.60. The minimum atomic E-state index is -1.44. The fourth-order valence-corrected chi connectivity index (χ4v) is 2.48. The molecule has 0 amide bonds. The van der Waals surface area contributed by atoms with Crippen molar-refractivity contribution in [1.29, 1.82) is 0 Å². The molecule has 1 rings (SSSR count). The van der Waals surface area contributed by atoms with Crippen LogP contribution in [0, 0.1) is 11.6 Å². The van der Waals surface area contributed by atoms with E-state index in [2.05, 4.69) is 4.74 Å². The molecule has 0 spiro atoms. The number of hydrogen-bond donors (Lipinski definition) is 0. The van der Waals surface area contributed by atoms with Crippen molar-refractivity contribution in [3.05, 3.63) is 29.3 Å². The monoisotopic (exact) mass is 291 g/mol. The van der Waals surface area contributed by atoms with E-state index in [0.717, 1.165) is 19.2 Å². The summed E-state index contributed by atoms with van der Waals surface area (Å²) >= 11 is 0. The molecule has 1 aromatic rings. The number of carbonyl (C=O) groups is 1. The molecule has 0 aliphatic rings. The van der Waals surface area contributed by atoms with Gasteiger partial charge in [-0.1, -0.05) is 6.92 Å². The minimum absolute atomic E-state index is 0.103. The lowest BCUT2D eigenvalue weighted by Gasteiger charge is -2.19. The molecule has 0 saturated carbocycles. The number of ether oxygens (including phenoxy) is 1. The van der Waals surface area contributed by atoms with Gasteiger partial charge >= 0.3 is 5.97 Å². The van der Waals surface area contributed by atoms with Crippen LogP contribution in [0.2, 0.25) is 0 Å². The number of esters is 1. The van der Waals surface area contributed by atoms with Gasteiger partial charge in [0.05, 0.1) is 12.8 Å². The van der Waals surface area contributed by atoms with Crippen LogP contribution in [0.4, 0.5) is 14.5 Å². The number of halogens is 2. The van der Waals surface area contributed by atoms with Gasteiger partial charge in [0.2, 0.25) is 0 Å². The highest BCUT2D eigenvalue weighted by Gasteiger charge is 2.24. The van der Waals surface area contributed by atoms with Crippen molar-refractivity contribution in [3.63, 3.8) is 0 Å². The van der Waals surface area contributed by atoms with Gasteiger partial charge in [0.1, 0.15) is 22.4 Å². The first-order valence-electron chi connectivity index (χ1n) is 5.62. The molecule has 4 nitrogen and oxygen atoms in total. The Morgan fingerprint density at radius 3 is 2.58 bits per heavy atom. The summed E-state index contributed by atoms with van der Waals surface area (Å²) in [6, 6.07) is 2.09. The number of methoxy groups -OCH3 is 1. The van der Waals surface area contributed by atoms with Gasteiger partial charge in [0, 0.05) is 12.8 Å². The van der Waals surface area contributed by atoms with E-state index in [1.807, 2.05) is 6.92 Å². The maximum Gasteiger partial charge on any atom is 0.343 e. The van der Waals surface area contributed by atoms with Crippen LogP contribution < -0.4 is 4.31 Å². The van der Waals surface area contributed by atoms with Gasteiger partial charge in [-0.2, -0.15) is 0 Å². The van der Waals surface area contributed by atoms with E-state index in [1.54, 1.807) is 0 Å². The molecule has 0 radical (unpaired) electrons. The van der Waals surface area contributed by atoms with Crippen LogP contribution in [0.15, 0.2) is 12.1 Å². The summed E-state index contributed by atoms with van der Waals surface area (Å²) in [7, 11) is 1.02. The second-order valence-electron chi connectivity index (χ2n) is 3.77. The Kier molecular flexibility index (Phi) is 5.41. The third-order valence-corrected chi connectivity index (χ3v) is 4.05. The fourth-order valence-electron chi connectivity index (χ4n) is 1.50. The SMILES string of the molecule is CCCS(=O)N(C)c1ccc(F)c(C(=O)OC)c1F. The Balaban J connectivity index is 3.24. The molecule has 1 aromatic carbocycles.